The average molecular weight is 451 g/mol. The Labute approximate surface area is 192 Å². The van der Waals surface area contributed by atoms with E-state index in [1.165, 1.54) is 0 Å². The van der Waals surface area contributed by atoms with Gasteiger partial charge in [-0.05, 0) is 50.5 Å². The Kier molecular flexibility index (Phi) is 6.88. The van der Waals surface area contributed by atoms with Crippen LogP contribution in [0.3, 0.4) is 0 Å². The molecule has 4 rings (SSSR count). The van der Waals surface area contributed by atoms with Crippen LogP contribution in [-0.4, -0.2) is 45.8 Å². The quantitative estimate of drug-likeness (QED) is 0.485. The fourth-order valence-electron chi connectivity index (χ4n) is 4.16. The molecule has 1 aromatic carbocycles. The van der Waals surface area contributed by atoms with Gasteiger partial charge in [0, 0.05) is 54.7 Å². The lowest BCUT2D eigenvalue weighted by Gasteiger charge is -2.26. The van der Waals surface area contributed by atoms with Crippen molar-refractivity contribution >= 4 is 28.5 Å². The Balaban J connectivity index is 1.65. The molecule has 0 aliphatic carbocycles. The minimum absolute atomic E-state index is 0.227. The Bertz CT molecular complexity index is 1150. The van der Waals surface area contributed by atoms with Crippen molar-refractivity contribution in [2.24, 2.45) is 5.73 Å². The van der Waals surface area contributed by atoms with Crippen LogP contribution in [0.5, 0.6) is 0 Å². The fourth-order valence-corrected chi connectivity index (χ4v) is 4.16. The summed E-state index contributed by atoms with van der Waals surface area (Å²) in [5.74, 6) is -0.750. The molecule has 0 saturated carbocycles. The zero-order chi connectivity index (χ0) is 23.4. The van der Waals surface area contributed by atoms with Crippen molar-refractivity contribution in [2.45, 2.75) is 52.2 Å². The lowest BCUT2D eigenvalue weighted by molar-refractivity contribution is 0.0904. The van der Waals surface area contributed by atoms with Crippen molar-refractivity contribution in [3.05, 3.63) is 52.8 Å². The number of amides is 2. The molecule has 0 spiro atoms. The number of pyridine rings is 1. The summed E-state index contributed by atoms with van der Waals surface area (Å²) in [6.07, 6.45) is 4.42. The molecule has 0 atom stereocenters. The molecule has 1 aliphatic rings. The molecule has 1 saturated heterocycles. The van der Waals surface area contributed by atoms with Gasteiger partial charge in [0.25, 0.3) is 5.91 Å². The number of ether oxygens (including phenoxy) is 1. The van der Waals surface area contributed by atoms with Crippen molar-refractivity contribution in [3.8, 4) is 0 Å². The van der Waals surface area contributed by atoms with Gasteiger partial charge in [-0.15, -0.1) is 0 Å². The highest BCUT2D eigenvalue weighted by molar-refractivity contribution is 5.97. The van der Waals surface area contributed by atoms with Crippen molar-refractivity contribution in [1.29, 1.82) is 0 Å². The van der Waals surface area contributed by atoms with E-state index in [9.17, 15) is 9.59 Å². The maximum atomic E-state index is 12.8. The number of fused-ring (bicyclic) bond motifs is 1. The van der Waals surface area contributed by atoms with Gasteiger partial charge in [-0.3, -0.25) is 9.59 Å². The summed E-state index contributed by atoms with van der Waals surface area (Å²) in [4.78, 5) is 29.0. The second-order valence-electron chi connectivity index (χ2n) is 8.12. The molecule has 3 aromatic rings. The first-order chi connectivity index (χ1) is 16.0. The van der Waals surface area contributed by atoms with Crippen LogP contribution < -0.4 is 16.4 Å². The number of carbonyl (C=O) groups is 2. The van der Waals surface area contributed by atoms with E-state index in [0.717, 1.165) is 67.0 Å². The van der Waals surface area contributed by atoms with Gasteiger partial charge < -0.3 is 21.1 Å². The number of carbonyl (C=O) groups excluding carboxylic acids is 2. The molecule has 3 heterocycles. The van der Waals surface area contributed by atoms with Crippen molar-refractivity contribution in [3.63, 3.8) is 0 Å². The first kappa shape index (κ1) is 22.7. The highest BCUT2D eigenvalue weighted by Crippen LogP contribution is 2.31. The lowest BCUT2D eigenvalue weighted by atomic mass is 10.0. The van der Waals surface area contributed by atoms with Crippen molar-refractivity contribution < 1.29 is 14.3 Å². The van der Waals surface area contributed by atoms with Crippen LogP contribution in [0.4, 0.5) is 5.69 Å². The summed E-state index contributed by atoms with van der Waals surface area (Å²) in [5, 5.41) is 12.2. The largest absolute Gasteiger partial charge is 0.381 e. The molecule has 9 heteroatoms. The molecule has 1 fully saturated rings. The Morgan fingerprint density at radius 2 is 1.85 bits per heavy atom. The minimum atomic E-state index is -0.523. The molecule has 4 N–H and O–H groups in total. The third-order valence-corrected chi connectivity index (χ3v) is 6.03. The number of nitrogens with zero attached hydrogens (tertiary/aromatic N) is 3. The Hall–Kier alpha value is -3.46. The zero-order valence-corrected chi connectivity index (χ0v) is 19.1. The molecule has 2 amide bonds. The van der Waals surface area contributed by atoms with E-state index in [4.69, 9.17) is 15.5 Å². The molecule has 1 aliphatic heterocycles. The topological polar surface area (TPSA) is 124 Å². The number of benzene rings is 1. The molecule has 0 unspecified atom stereocenters. The highest BCUT2D eigenvalue weighted by atomic mass is 16.5. The van der Waals surface area contributed by atoms with Crippen LogP contribution in [0.15, 0.2) is 30.5 Å². The Morgan fingerprint density at radius 1 is 1.15 bits per heavy atom. The average Bonchev–Trinajstić information content (AvgIpc) is 3.26. The molecule has 9 nitrogen and oxygen atoms in total. The second-order valence-corrected chi connectivity index (χ2v) is 8.12. The molecule has 33 heavy (non-hydrogen) atoms. The number of anilines is 1. The first-order valence-electron chi connectivity index (χ1n) is 11.4. The lowest BCUT2D eigenvalue weighted by Crippen LogP contribution is -2.30. The third-order valence-electron chi connectivity index (χ3n) is 6.03. The SMILES string of the molecule is CCc1nc2c(cnn2CC)c(NC2CCOCC2)c1CNC(=O)c1ccc(C(N)=O)cc1. The number of aromatic nitrogens is 3. The zero-order valence-electron chi connectivity index (χ0n) is 19.1. The number of rotatable bonds is 8. The van der Waals surface area contributed by atoms with E-state index < -0.39 is 5.91 Å². The van der Waals surface area contributed by atoms with Crippen LogP contribution >= 0.6 is 0 Å². The number of hydrogen-bond acceptors (Lipinski definition) is 6. The van der Waals surface area contributed by atoms with Gasteiger partial charge in [-0.25, -0.2) is 9.67 Å². The molecular formula is C24H30N6O3. The normalized spacial score (nSPS) is 14.4. The van der Waals surface area contributed by atoms with Crippen molar-refractivity contribution in [2.75, 3.05) is 18.5 Å². The van der Waals surface area contributed by atoms with Crippen LogP contribution in [0.25, 0.3) is 11.0 Å². The van der Waals surface area contributed by atoms with E-state index in [1.807, 2.05) is 17.8 Å². The summed E-state index contributed by atoms with van der Waals surface area (Å²) in [6.45, 7) is 6.62. The summed E-state index contributed by atoms with van der Waals surface area (Å²) in [6, 6.07) is 6.60. The van der Waals surface area contributed by atoms with E-state index in [-0.39, 0.29) is 11.9 Å². The first-order valence-corrected chi connectivity index (χ1v) is 11.4. The van der Waals surface area contributed by atoms with Crippen molar-refractivity contribution in [1.82, 2.24) is 20.1 Å². The van der Waals surface area contributed by atoms with Crippen LogP contribution in [-0.2, 0) is 24.2 Å². The summed E-state index contributed by atoms with van der Waals surface area (Å²) in [7, 11) is 0. The van der Waals surface area contributed by atoms with Gasteiger partial charge in [0.2, 0.25) is 5.91 Å². The predicted octanol–water partition coefficient (Wildman–Crippen LogP) is 2.63. The number of aryl methyl sites for hydroxylation is 2. The Morgan fingerprint density at radius 3 is 2.48 bits per heavy atom. The van der Waals surface area contributed by atoms with Crippen LogP contribution in [0.1, 0.15) is 58.7 Å². The summed E-state index contributed by atoms with van der Waals surface area (Å²) >= 11 is 0. The molecule has 174 valence electrons. The third kappa shape index (κ3) is 4.83. The fraction of sp³-hybridized carbons (Fsp3) is 0.417. The summed E-state index contributed by atoms with van der Waals surface area (Å²) in [5.41, 5.74) is 9.84. The summed E-state index contributed by atoms with van der Waals surface area (Å²) < 4.78 is 7.41. The number of hydrogen-bond donors (Lipinski definition) is 3. The van der Waals surface area contributed by atoms with Gasteiger partial charge in [0.15, 0.2) is 5.65 Å². The number of nitrogens with two attached hydrogens (primary N) is 1. The van der Waals surface area contributed by atoms with Gasteiger partial charge in [0.05, 0.1) is 17.3 Å². The maximum absolute atomic E-state index is 12.8. The molecule has 0 bridgehead atoms. The standard InChI is InChI=1S/C24H30N6O3/c1-3-20-18(13-26-24(32)16-7-5-15(6-8-16)22(25)31)21(28-17-9-11-33-12-10-17)19-14-27-30(4-2)23(19)29-20/h5-8,14,17H,3-4,9-13H2,1-2H3,(H2,25,31)(H,26,32)(H,28,29). The second kappa shape index (κ2) is 9.99. The van der Waals surface area contributed by atoms with E-state index >= 15 is 0 Å². The number of primary amides is 1. The van der Waals surface area contributed by atoms with Gasteiger partial charge in [-0.2, -0.15) is 5.10 Å². The van der Waals surface area contributed by atoms with E-state index in [0.29, 0.717) is 17.7 Å². The smallest absolute Gasteiger partial charge is 0.251 e. The maximum Gasteiger partial charge on any atom is 0.251 e. The van der Waals surface area contributed by atoms with E-state index in [2.05, 4.69) is 22.7 Å². The van der Waals surface area contributed by atoms with Gasteiger partial charge in [-0.1, -0.05) is 6.92 Å². The molecule has 0 radical (unpaired) electrons. The van der Waals surface area contributed by atoms with Gasteiger partial charge >= 0.3 is 0 Å². The molecule has 2 aromatic heterocycles. The highest BCUT2D eigenvalue weighted by Gasteiger charge is 2.22. The minimum Gasteiger partial charge on any atom is -0.381 e. The van der Waals surface area contributed by atoms with Gasteiger partial charge in [0.1, 0.15) is 0 Å². The van der Waals surface area contributed by atoms with E-state index in [1.54, 1.807) is 24.3 Å². The predicted molar refractivity (Wildman–Crippen MR) is 126 cm³/mol. The van der Waals surface area contributed by atoms with Crippen LogP contribution in [0, 0.1) is 0 Å². The number of nitrogens with one attached hydrogen (secondary N) is 2. The molecular weight excluding hydrogens is 420 g/mol. The van der Waals surface area contributed by atoms with Crippen LogP contribution in [0.2, 0.25) is 0 Å². The monoisotopic (exact) mass is 450 g/mol.